The third-order valence-electron chi connectivity index (χ3n) is 6.23. The molecule has 2 radical (unpaired) electrons. The monoisotopic (exact) mass is 628 g/mol. The Morgan fingerprint density at radius 3 is 1.57 bits per heavy atom. The molecule has 0 aromatic heterocycles. The normalized spacial score (nSPS) is 13.2. The average Bonchev–Trinajstić information content (AvgIpc) is 3.27. The maximum absolute atomic E-state index is 5.78. The molecule has 1 saturated heterocycles. The summed E-state index contributed by atoms with van der Waals surface area (Å²) in [6.07, 6.45) is 0. The van der Waals surface area contributed by atoms with Crippen molar-refractivity contribution in [2.75, 3.05) is 37.1 Å². The predicted octanol–water partition coefficient (Wildman–Crippen LogP) is 7.64. The molecule has 0 spiro atoms. The van der Waals surface area contributed by atoms with Gasteiger partial charge in [0.05, 0.1) is 0 Å². The molecule has 1 heterocycles. The van der Waals surface area contributed by atoms with Crippen molar-refractivity contribution in [2.45, 2.75) is 41.5 Å². The van der Waals surface area contributed by atoms with Gasteiger partial charge < -0.3 is 9.80 Å². The number of anilines is 2. The number of rotatable bonds is 5. The number of halogens is 2. The van der Waals surface area contributed by atoms with Crippen molar-refractivity contribution in [1.29, 1.82) is 0 Å². The zero-order valence-electron chi connectivity index (χ0n) is 22.9. The van der Waals surface area contributed by atoms with Gasteiger partial charge in [-0.3, -0.25) is 0 Å². The van der Waals surface area contributed by atoms with Crippen molar-refractivity contribution in [3.63, 3.8) is 0 Å². The first-order valence-corrected chi connectivity index (χ1v) is 17.5. The molecule has 200 valence electrons. The minimum absolute atomic E-state index is 0.726. The number of benzene rings is 3. The first-order chi connectivity index (χ1) is 17.5. The summed E-state index contributed by atoms with van der Waals surface area (Å²) < 4.78 is 12.1. The van der Waals surface area contributed by atoms with Gasteiger partial charge in [-0.25, -0.2) is 0 Å². The number of ether oxygens (including phenoxy) is 2. The molecule has 0 aliphatic carbocycles. The molecule has 0 N–H and O–H groups in total. The summed E-state index contributed by atoms with van der Waals surface area (Å²) in [4.78, 5) is 4.56. The van der Waals surface area contributed by atoms with E-state index in [0.29, 0.717) is 0 Å². The van der Waals surface area contributed by atoms with E-state index in [1.165, 1.54) is 44.8 Å². The summed E-state index contributed by atoms with van der Waals surface area (Å²) in [7, 11) is 14.8. The topological polar surface area (TPSA) is 24.9 Å². The number of hydrogen-bond donors (Lipinski definition) is 0. The first kappa shape index (κ1) is 29.5. The molecular weight excluding hydrogens is 592 g/mol. The summed E-state index contributed by atoms with van der Waals surface area (Å²) in [6, 6.07) is 14.6. The Morgan fingerprint density at radius 2 is 1.19 bits per heavy atom. The standard InChI is InChI=1S/C21H26N2.C9H10O2.2ClH.Ru/c1-14-9-16(3)20(17(4)10-14)22-7-8-23(13-22)21-18(5)11-15(2)12-19(21)6;1-7-4-5-8(10-2)6-9(7)11-3;;;/h9-12H,7-8H2,1-6H3;1,4-6H,2-3H3;2*1H;/q;;;;+2/p-2. The Morgan fingerprint density at radius 1 is 0.730 bits per heavy atom. The first-order valence-electron chi connectivity index (χ1n) is 12.1. The fourth-order valence-corrected chi connectivity index (χ4v) is 6.76. The number of methoxy groups -OCH3 is 2. The zero-order valence-corrected chi connectivity index (χ0v) is 26.1. The summed E-state index contributed by atoms with van der Waals surface area (Å²) in [5.74, 6) is 1.48. The number of hydrogen-bond acceptors (Lipinski definition) is 4. The number of aryl methyl sites for hydroxylation is 6. The Labute approximate surface area is 235 Å². The average molecular weight is 629 g/mol. The fourth-order valence-electron chi connectivity index (χ4n) is 4.95. The zero-order chi connectivity index (χ0) is 27.3. The Balaban J connectivity index is 0.000000233. The van der Waals surface area contributed by atoms with Crippen LogP contribution < -0.4 is 19.3 Å². The third kappa shape index (κ3) is 7.50. The minimum atomic E-state index is -1.80. The van der Waals surface area contributed by atoms with Crippen LogP contribution in [0.3, 0.4) is 0 Å². The van der Waals surface area contributed by atoms with Crippen molar-refractivity contribution < 1.29 is 23.0 Å². The maximum atomic E-state index is 5.78. The van der Waals surface area contributed by atoms with Crippen LogP contribution in [-0.2, 0) is 13.5 Å². The van der Waals surface area contributed by atoms with E-state index in [0.717, 1.165) is 30.2 Å². The van der Waals surface area contributed by atoms with Gasteiger partial charge in [0.1, 0.15) is 0 Å². The Bertz CT molecular complexity index is 1180. The predicted molar refractivity (Wildman–Crippen MR) is 156 cm³/mol. The van der Waals surface area contributed by atoms with E-state index in [1.54, 1.807) is 20.3 Å². The van der Waals surface area contributed by atoms with E-state index in [1.807, 2.05) is 16.7 Å². The molecule has 7 heteroatoms. The van der Waals surface area contributed by atoms with Crippen LogP contribution in [0.5, 0.6) is 11.5 Å². The molecule has 1 fully saturated rings. The Hall–Kier alpha value is -2.07. The van der Waals surface area contributed by atoms with Gasteiger partial charge in [0.25, 0.3) is 0 Å². The summed E-state index contributed by atoms with van der Waals surface area (Å²) in [5.41, 5.74) is 11.5. The van der Waals surface area contributed by atoms with Crippen LogP contribution in [-0.4, -0.2) is 31.9 Å². The fraction of sp³-hybridized carbons (Fsp3) is 0.333. The number of nitrogens with zero attached hydrogens (tertiary/aromatic N) is 2. The van der Waals surface area contributed by atoms with Crippen molar-refractivity contribution in [3.05, 3.63) is 88.1 Å². The molecule has 0 saturated carbocycles. The van der Waals surface area contributed by atoms with Gasteiger partial charge in [-0.15, -0.1) is 0 Å². The van der Waals surface area contributed by atoms with E-state index in [4.69, 9.17) is 28.9 Å². The van der Waals surface area contributed by atoms with Crippen LogP contribution in [0, 0.1) is 48.2 Å². The smallest absolute Gasteiger partial charge is 0.208 e. The van der Waals surface area contributed by atoms with Crippen LogP contribution in [0.1, 0.15) is 38.9 Å². The van der Waals surface area contributed by atoms with E-state index in [-0.39, 0.29) is 0 Å². The second-order valence-corrected chi connectivity index (χ2v) is 15.0. The van der Waals surface area contributed by atoms with E-state index < -0.39 is 13.5 Å². The summed E-state index contributed by atoms with van der Waals surface area (Å²) >= 11 is -1.80. The van der Waals surface area contributed by atoms with Crippen LogP contribution in [0.25, 0.3) is 0 Å². The molecule has 3 aromatic rings. The molecule has 0 unspecified atom stereocenters. The van der Waals surface area contributed by atoms with Gasteiger partial charge in [-0.05, 0) is 63.8 Å². The van der Waals surface area contributed by atoms with Gasteiger partial charge in [-0.1, -0.05) is 35.4 Å². The van der Waals surface area contributed by atoms with Crippen molar-refractivity contribution >= 4 is 35.4 Å². The van der Waals surface area contributed by atoms with Gasteiger partial charge in [-0.2, -0.15) is 0 Å². The van der Waals surface area contributed by atoms with Crippen LogP contribution >= 0.6 is 19.4 Å². The van der Waals surface area contributed by atoms with Gasteiger partial charge in [0.15, 0.2) is 0 Å². The maximum Gasteiger partial charge on any atom is 0.208 e. The van der Waals surface area contributed by atoms with Crippen molar-refractivity contribution in [2.24, 2.45) is 0 Å². The van der Waals surface area contributed by atoms with Gasteiger partial charge in [0.2, 0.25) is 6.67 Å². The van der Waals surface area contributed by atoms with Gasteiger partial charge >= 0.3 is 96.5 Å². The van der Waals surface area contributed by atoms with Gasteiger partial charge in [0, 0.05) is 24.5 Å². The summed E-state index contributed by atoms with van der Waals surface area (Å²) in [6.45, 7) is 18.7. The largest absolute Gasteiger partial charge is 0.339 e. The molecule has 37 heavy (non-hydrogen) atoms. The molecule has 4 nitrogen and oxygen atoms in total. The second-order valence-electron chi connectivity index (χ2n) is 9.31. The molecule has 4 rings (SSSR count). The Kier molecular flexibility index (Phi) is 10.5. The molecule has 0 bridgehead atoms. The van der Waals surface area contributed by atoms with E-state index in [2.05, 4.69) is 82.3 Å². The second kappa shape index (κ2) is 13.1. The van der Waals surface area contributed by atoms with Crippen LogP contribution in [0.2, 0.25) is 0 Å². The molecular formula is C30H36Cl2N2O2Ru. The van der Waals surface area contributed by atoms with E-state index in [9.17, 15) is 0 Å². The SMILES string of the molecule is COc1ccc([CH]=[Ru]([Cl])[Cl])c(OC)c1.Cc1cc(C)c(N2[C]N(c3c(C)cc(C)cc3C)CC2)c(C)c1. The third-order valence-corrected chi connectivity index (χ3v) is 8.06. The molecule has 3 aromatic carbocycles. The van der Waals surface area contributed by atoms with Crippen molar-refractivity contribution in [1.82, 2.24) is 0 Å². The minimum Gasteiger partial charge on any atom is -0.339 e. The quantitative estimate of drug-likeness (QED) is 0.271. The molecule has 0 atom stereocenters. The molecule has 0 amide bonds. The van der Waals surface area contributed by atoms with E-state index >= 15 is 0 Å². The summed E-state index contributed by atoms with van der Waals surface area (Å²) in [5, 5.41) is 0. The van der Waals surface area contributed by atoms with Crippen molar-refractivity contribution in [3.8, 4) is 11.5 Å². The molecule has 1 aliphatic heterocycles. The van der Waals surface area contributed by atoms with Crippen LogP contribution in [0.4, 0.5) is 11.4 Å². The molecule has 1 aliphatic rings. The van der Waals surface area contributed by atoms with Crippen LogP contribution in [0.15, 0.2) is 42.5 Å².